The normalized spacial score (nSPS) is 18.5. The zero-order valence-corrected chi connectivity index (χ0v) is 22.2. The van der Waals surface area contributed by atoms with Crippen molar-refractivity contribution < 1.29 is 39.1 Å². The molecule has 1 saturated heterocycles. The van der Waals surface area contributed by atoms with Gasteiger partial charge in [0.25, 0.3) is 5.60 Å². The number of hydrogen-bond donors (Lipinski definition) is 4. The fourth-order valence-electron chi connectivity index (χ4n) is 4.57. The summed E-state index contributed by atoms with van der Waals surface area (Å²) in [5.41, 5.74) is 5.12. The first-order chi connectivity index (χ1) is 19.7. The molecule has 0 radical (unpaired) electrons. The molecule has 3 heterocycles. The Balaban J connectivity index is 0.00000405. The molecule has 3 atom stereocenters. The number of imidazole rings is 1. The molecule has 13 nitrogen and oxygen atoms in total. The average molecular weight is 600 g/mol. The quantitative estimate of drug-likeness (QED) is 0.146. The average Bonchev–Trinajstić information content (AvgIpc) is 3.53. The first kappa shape index (κ1) is 30.7. The number of rotatable bonds is 11. The van der Waals surface area contributed by atoms with Gasteiger partial charge < -0.3 is 35.3 Å². The number of aliphatic hydroxyl groups excluding tert-OH is 1. The fourth-order valence-corrected chi connectivity index (χ4v) is 4.74. The van der Waals surface area contributed by atoms with Gasteiger partial charge in [0.1, 0.15) is 24.0 Å². The van der Waals surface area contributed by atoms with Crippen molar-refractivity contribution in [2.45, 2.75) is 50.9 Å². The molecule has 0 saturated carbocycles. The summed E-state index contributed by atoms with van der Waals surface area (Å²) in [6.45, 7) is -0.0805. The van der Waals surface area contributed by atoms with Gasteiger partial charge in [0, 0.05) is 12.8 Å². The Hall–Kier alpha value is -4.30. The maximum absolute atomic E-state index is 12.3. The molecule has 0 aliphatic carbocycles. The Bertz CT molecular complexity index is 1540. The third-order valence-electron chi connectivity index (χ3n) is 6.69. The van der Waals surface area contributed by atoms with E-state index in [-0.39, 0.29) is 36.1 Å². The van der Waals surface area contributed by atoms with Gasteiger partial charge in [-0.3, -0.25) is 4.57 Å². The lowest BCUT2D eigenvalue weighted by Gasteiger charge is -2.27. The number of carboxylic acids is 2. The first-order valence-electron chi connectivity index (χ1n) is 12.5. The van der Waals surface area contributed by atoms with E-state index in [1.165, 1.54) is 10.9 Å². The van der Waals surface area contributed by atoms with Crippen LogP contribution in [-0.2, 0) is 32.1 Å². The van der Waals surface area contributed by atoms with Crippen LogP contribution in [0.5, 0.6) is 5.75 Å². The number of nitrogens with zero attached hydrogens (tertiary/aromatic N) is 4. The van der Waals surface area contributed by atoms with Crippen molar-refractivity contribution in [3.63, 3.8) is 0 Å². The zero-order valence-electron chi connectivity index (χ0n) is 21.5. The minimum Gasteiger partial charge on any atom is -0.489 e. The van der Waals surface area contributed by atoms with Crippen LogP contribution in [0.4, 0.5) is 5.82 Å². The van der Waals surface area contributed by atoms with Gasteiger partial charge in [-0.25, -0.2) is 14.6 Å². The van der Waals surface area contributed by atoms with Gasteiger partial charge in [0.05, 0.1) is 19.0 Å². The molecule has 42 heavy (non-hydrogen) atoms. The minimum absolute atomic E-state index is 0. The summed E-state index contributed by atoms with van der Waals surface area (Å²) < 4.78 is 18.6. The molecule has 222 valence electrons. The summed E-state index contributed by atoms with van der Waals surface area (Å²) in [5, 5.41) is 30.4. The van der Waals surface area contributed by atoms with Crippen LogP contribution in [0.15, 0.2) is 60.9 Å². The number of benzene rings is 2. The van der Waals surface area contributed by atoms with Crippen LogP contribution in [0.2, 0.25) is 5.28 Å². The molecule has 5 rings (SSSR count). The number of nitrogens with two attached hydrogens (primary N) is 1. The van der Waals surface area contributed by atoms with Crippen molar-refractivity contribution in [2.24, 2.45) is 0 Å². The van der Waals surface area contributed by atoms with Gasteiger partial charge in [-0.15, -0.1) is 0 Å². The van der Waals surface area contributed by atoms with Crippen molar-refractivity contribution in [1.82, 2.24) is 19.5 Å². The minimum atomic E-state index is -2.60. The molecular weight excluding hydrogens is 570 g/mol. The molecule has 2 aromatic carbocycles. The number of hydrogen-bond acceptors (Lipinski definition) is 10. The number of aliphatic carboxylic acids is 2. The third-order valence-corrected chi connectivity index (χ3v) is 6.86. The van der Waals surface area contributed by atoms with Crippen molar-refractivity contribution in [1.29, 1.82) is 0 Å². The SMILES string of the molecule is C.Nc1nc(Cl)nc2c1ncn2[C@@H]1O[C@H](COC(Cc2ccc(OCc3ccccc3)cc2)(C(=O)O)C(=O)O)C[C@H]1O. The summed E-state index contributed by atoms with van der Waals surface area (Å²) in [5.74, 6) is -2.76. The van der Waals surface area contributed by atoms with Crippen LogP contribution >= 0.6 is 11.6 Å². The van der Waals surface area contributed by atoms with Gasteiger partial charge in [-0.2, -0.15) is 9.97 Å². The Morgan fingerprint density at radius 2 is 1.76 bits per heavy atom. The lowest BCUT2D eigenvalue weighted by molar-refractivity contribution is -0.188. The summed E-state index contributed by atoms with van der Waals surface area (Å²) in [6.07, 6.45) is -1.96. The van der Waals surface area contributed by atoms with Gasteiger partial charge in [-0.1, -0.05) is 49.9 Å². The van der Waals surface area contributed by atoms with Gasteiger partial charge in [0.2, 0.25) is 5.28 Å². The number of halogens is 1. The number of ether oxygens (including phenoxy) is 3. The maximum atomic E-state index is 12.3. The van der Waals surface area contributed by atoms with Crippen molar-refractivity contribution >= 4 is 40.5 Å². The Morgan fingerprint density at radius 3 is 2.43 bits per heavy atom. The van der Waals surface area contributed by atoms with Crippen molar-refractivity contribution in [3.8, 4) is 5.75 Å². The van der Waals surface area contributed by atoms with E-state index in [2.05, 4.69) is 15.0 Å². The molecule has 0 bridgehead atoms. The second-order valence-electron chi connectivity index (χ2n) is 9.50. The third kappa shape index (κ3) is 6.29. The molecule has 5 N–H and O–H groups in total. The largest absolute Gasteiger partial charge is 0.489 e. The number of anilines is 1. The monoisotopic (exact) mass is 599 g/mol. The highest BCUT2D eigenvalue weighted by molar-refractivity contribution is 6.28. The molecule has 0 amide bonds. The molecule has 0 unspecified atom stereocenters. The van der Waals surface area contributed by atoms with E-state index >= 15 is 0 Å². The molecule has 1 aliphatic heterocycles. The number of nitrogen functional groups attached to an aromatic ring is 1. The number of fused-ring (bicyclic) bond motifs is 1. The smallest absolute Gasteiger partial charge is 0.348 e. The van der Waals surface area contributed by atoms with Crippen LogP contribution < -0.4 is 10.5 Å². The second-order valence-corrected chi connectivity index (χ2v) is 9.84. The summed E-state index contributed by atoms with van der Waals surface area (Å²) in [6, 6.07) is 16.0. The standard InChI is InChI=1S/C27H26ClN5O8.CH4/c28-26-31-21(29)20-22(32-26)33(14-30-20)23-19(34)10-18(41-23)13-40-27(24(35)36,25(37)38)11-15-6-8-17(9-7-15)39-12-16-4-2-1-3-5-16;/h1-9,14,18-19,23,34H,10-13H2,(H,35,36)(H,37,38)(H2,29,31,32);1H4/t18-,19+,23+;/m0./s1. The molecule has 14 heteroatoms. The Kier molecular flexibility index (Phi) is 9.27. The van der Waals surface area contributed by atoms with E-state index in [9.17, 15) is 24.9 Å². The predicted molar refractivity (Wildman–Crippen MR) is 151 cm³/mol. The zero-order chi connectivity index (χ0) is 29.1. The van der Waals surface area contributed by atoms with E-state index in [4.69, 9.17) is 31.5 Å². The van der Waals surface area contributed by atoms with Crippen molar-refractivity contribution in [2.75, 3.05) is 12.3 Å². The summed E-state index contributed by atoms with van der Waals surface area (Å²) in [7, 11) is 0. The van der Waals surface area contributed by atoms with Crippen molar-refractivity contribution in [3.05, 3.63) is 77.3 Å². The number of carboxylic acid groups (broad SMARTS) is 2. The summed E-state index contributed by atoms with van der Waals surface area (Å²) in [4.78, 5) is 36.6. The highest BCUT2D eigenvalue weighted by Gasteiger charge is 2.49. The van der Waals surface area contributed by atoms with E-state index in [1.54, 1.807) is 24.3 Å². The lowest BCUT2D eigenvalue weighted by atomic mass is 9.94. The molecule has 2 aromatic heterocycles. The maximum Gasteiger partial charge on any atom is 0.348 e. The highest BCUT2D eigenvalue weighted by Crippen LogP contribution is 2.33. The lowest BCUT2D eigenvalue weighted by Crippen LogP contribution is -2.52. The fraction of sp³-hybridized carbons (Fsp3) is 0.321. The molecule has 1 fully saturated rings. The van der Waals surface area contributed by atoms with Crippen LogP contribution in [0.25, 0.3) is 11.2 Å². The van der Waals surface area contributed by atoms with Gasteiger partial charge in [0.15, 0.2) is 17.7 Å². The topological polar surface area (TPSA) is 192 Å². The van der Waals surface area contributed by atoms with Crippen LogP contribution in [0.3, 0.4) is 0 Å². The highest BCUT2D eigenvalue weighted by atomic mass is 35.5. The molecular formula is C28H30ClN5O8. The molecule has 1 aliphatic rings. The number of aliphatic hydroxyl groups is 1. The number of carbonyl (C=O) groups is 2. The van der Waals surface area contributed by atoms with E-state index < -0.39 is 49.0 Å². The van der Waals surface area contributed by atoms with E-state index in [1.807, 2.05) is 30.3 Å². The first-order valence-corrected chi connectivity index (χ1v) is 12.9. The Morgan fingerprint density at radius 1 is 1.07 bits per heavy atom. The van der Waals surface area contributed by atoms with Crippen LogP contribution in [0.1, 0.15) is 31.2 Å². The number of aromatic nitrogens is 4. The summed E-state index contributed by atoms with van der Waals surface area (Å²) >= 11 is 5.92. The van der Waals surface area contributed by atoms with Crippen LogP contribution in [-0.4, -0.2) is 71.2 Å². The van der Waals surface area contributed by atoms with Gasteiger partial charge >= 0.3 is 11.9 Å². The van der Waals surface area contributed by atoms with E-state index in [0.29, 0.717) is 17.9 Å². The molecule has 0 spiro atoms. The predicted octanol–water partition coefficient (Wildman–Crippen LogP) is 3.09. The van der Waals surface area contributed by atoms with Gasteiger partial charge in [-0.05, 0) is 34.9 Å². The Labute approximate surface area is 245 Å². The molecule has 4 aromatic rings. The van der Waals surface area contributed by atoms with Crippen LogP contribution in [0, 0.1) is 0 Å². The van der Waals surface area contributed by atoms with E-state index in [0.717, 1.165) is 5.56 Å². The second kappa shape index (κ2) is 12.7.